The summed E-state index contributed by atoms with van der Waals surface area (Å²) in [6.07, 6.45) is 1.78. The van der Waals surface area contributed by atoms with Crippen LogP contribution in [0.4, 0.5) is 5.69 Å². The average molecular weight is 415 g/mol. The molecule has 0 saturated heterocycles. The SMILES string of the molecule is C=CCn1c(SCC(=O)Nc2ccc(OC)c(Cl)c2)nnc1-c1ccccc1. The van der Waals surface area contributed by atoms with E-state index < -0.39 is 0 Å². The van der Waals surface area contributed by atoms with Crippen LogP contribution in [0, 0.1) is 0 Å². The van der Waals surface area contributed by atoms with E-state index in [1.54, 1.807) is 31.4 Å². The molecule has 0 aliphatic rings. The minimum Gasteiger partial charge on any atom is -0.495 e. The van der Waals surface area contributed by atoms with E-state index in [0.717, 1.165) is 11.4 Å². The molecule has 1 heterocycles. The highest BCUT2D eigenvalue weighted by atomic mass is 35.5. The van der Waals surface area contributed by atoms with E-state index in [4.69, 9.17) is 16.3 Å². The van der Waals surface area contributed by atoms with Crippen LogP contribution in [0.15, 0.2) is 66.3 Å². The Balaban J connectivity index is 1.68. The van der Waals surface area contributed by atoms with Gasteiger partial charge in [0.2, 0.25) is 5.91 Å². The first kappa shape index (κ1) is 20.0. The highest BCUT2D eigenvalue weighted by Crippen LogP contribution is 2.28. The number of carbonyl (C=O) groups is 1. The minimum absolute atomic E-state index is 0.166. The monoisotopic (exact) mass is 414 g/mol. The van der Waals surface area contributed by atoms with Crippen LogP contribution in [0.5, 0.6) is 5.75 Å². The summed E-state index contributed by atoms with van der Waals surface area (Å²) < 4.78 is 7.05. The molecule has 28 heavy (non-hydrogen) atoms. The van der Waals surface area contributed by atoms with Gasteiger partial charge in [-0.1, -0.05) is 59.8 Å². The normalized spacial score (nSPS) is 10.5. The number of allylic oxidation sites excluding steroid dienone is 1. The molecule has 0 saturated carbocycles. The number of methoxy groups -OCH3 is 1. The van der Waals surface area contributed by atoms with Crippen molar-refractivity contribution in [2.45, 2.75) is 11.7 Å². The van der Waals surface area contributed by atoms with Crippen LogP contribution in [0.25, 0.3) is 11.4 Å². The lowest BCUT2D eigenvalue weighted by molar-refractivity contribution is -0.113. The number of rotatable bonds is 8. The van der Waals surface area contributed by atoms with Gasteiger partial charge in [0.15, 0.2) is 11.0 Å². The second kappa shape index (κ2) is 9.43. The molecule has 8 heteroatoms. The number of carbonyl (C=O) groups excluding carboxylic acids is 1. The second-order valence-electron chi connectivity index (χ2n) is 5.76. The summed E-state index contributed by atoms with van der Waals surface area (Å²) in [4.78, 5) is 12.3. The Bertz CT molecular complexity index is 976. The fraction of sp³-hybridized carbons (Fsp3) is 0.150. The third-order valence-electron chi connectivity index (χ3n) is 3.83. The molecular weight excluding hydrogens is 396 g/mol. The number of nitrogens with one attached hydrogen (secondary N) is 1. The summed E-state index contributed by atoms with van der Waals surface area (Å²) in [5, 5.41) is 12.4. The Labute approximate surface area is 172 Å². The first-order valence-corrected chi connectivity index (χ1v) is 9.84. The van der Waals surface area contributed by atoms with Gasteiger partial charge in [0.1, 0.15) is 5.75 Å². The lowest BCUT2D eigenvalue weighted by Crippen LogP contribution is -2.14. The number of anilines is 1. The van der Waals surface area contributed by atoms with Gasteiger partial charge >= 0.3 is 0 Å². The minimum atomic E-state index is -0.166. The first-order valence-electron chi connectivity index (χ1n) is 8.48. The van der Waals surface area contributed by atoms with E-state index in [1.807, 2.05) is 34.9 Å². The number of aromatic nitrogens is 3. The lowest BCUT2D eigenvalue weighted by atomic mass is 10.2. The summed E-state index contributed by atoms with van der Waals surface area (Å²) in [5.74, 6) is 1.32. The maximum atomic E-state index is 12.3. The molecule has 0 fully saturated rings. The van der Waals surface area contributed by atoms with Crippen LogP contribution < -0.4 is 10.1 Å². The molecule has 0 radical (unpaired) electrons. The lowest BCUT2D eigenvalue weighted by Gasteiger charge is -2.09. The number of amides is 1. The van der Waals surface area contributed by atoms with Crippen molar-refractivity contribution in [2.75, 3.05) is 18.2 Å². The van der Waals surface area contributed by atoms with Crippen LogP contribution in [-0.4, -0.2) is 33.5 Å². The van der Waals surface area contributed by atoms with Crippen molar-refractivity contribution < 1.29 is 9.53 Å². The summed E-state index contributed by atoms with van der Waals surface area (Å²) in [6.45, 7) is 4.35. The maximum Gasteiger partial charge on any atom is 0.234 e. The van der Waals surface area contributed by atoms with Crippen LogP contribution in [0.3, 0.4) is 0 Å². The van der Waals surface area contributed by atoms with Gasteiger partial charge in [-0.2, -0.15) is 0 Å². The molecular formula is C20H19ClN4O2S. The van der Waals surface area contributed by atoms with Gasteiger partial charge < -0.3 is 10.1 Å². The van der Waals surface area contributed by atoms with Crippen molar-refractivity contribution in [1.82, 2.24) is 14.8 Å². The molecule has 0 spiro atoms. The smallest absolute Gasteiger partial charge is 0.234 e. The molecule has 0 aliphatic heterocycles. The first-order chi connectivity index (χ1) is 13.6. The van der Waals surface area contributed by atoms with Crippen LogP contribution in [0.2, 0.25) is 5.02 Å². The Morgan fingerprint density at radius 1 is 1.29 bits per heavy atom. The van der Waals surface area contributed by atoms with E-state index in [1.165, 1.54) is 11.8 Å². The van der Waals surface area contributed by atoms with Gasteiger partial charge in [-0.05, 0) is 18.2 Å². The summed E-state index contributed by atoms with van der Waals surface area (Å²) in [7, 11) is 1.54. The Kier molecular flexibility index (Phi) is 6.73. The Morgan fingerprint density at radius 2 is 2.07 bits per heavy atom. The number of benzene rings is 2. The van der Waals surface area contributed by atoms with Crippen LogP contribution in [-0.2, 0) is 11.3 Å². The van der Waals surface area contributed by atoms with E-state index in [-0.39, 0.29) is 11.7 Å². The summed E-state index contributed by atoms with van der Waals surface area (Å²) in [6, 6.07) is 14.9. The largest absolute Gasteiger partial charge is 0.495 e. The predicted molar refractivity (Wildman–Crippen MR) is 113 cm³/mol. The zero-order valence-corrected chi connectivity index (χ0v) is 16.8. The number of thioether (sulfide) groups is 1. The molecule has 1 aromatic heterocycles. The summed E-state index contributed by atoms with van der Waals surface area (Å²) >= 11 is 7.40. The van der Waals surface area contributed by atoms with Crippen molar-refractivity contribution in [3.63, 3.8) is 0 Å². The Morgan fingerprint density at radius 3 is 2.75 bits per heavy atom. The molecule has 144 valence electrons. The predicted octanol–water partition coefficient (Wildman–Crippen LogP) is 4.52. The van der Waals surface area contributed by atoms with Gasteiger partial charge in [-0.15, -0.1) is 16.8 Å². The topological polar surface area (TPSA) is 69.0 Å². The van der Waals surface area contributed by atoms with Crippen molar-refractivity contribution in [3.05, 3.63) is 66.2 Å². The molecule has 1 amide bonds. The molecule has 0 bridgehead atoms. The fourth-order valence-electron chi connectivity index (χ4n) is 2.56. The van der Waals surface area contributed by atoms with Gasteiger partial charge in [-0.25, -0.2) is 0 Å². The van der Waals surface area contributed by atoms with Gasteiger partial charge in [0.05, 0.1) is 17.9 Å². The maximum absolute atomic E-state index is 12.3. The van der Waals surface area contributed by atoms with Crippen LogP contribution >= 0.6 is 23.4 Å². The highest BCUT2D eigenvalue weighted by molar-refractivity contribution is 7.99. The van der Waals surface area contributed by atoms with Gasteiger partial charge in [-0.3, -0.25) is 9.36 Å². The average Bonchev–Trinajstić information content (AvgIpc) is 3.10. The Hall–Kier alpha value is -2.77. The van der Waals surface area contributed by atoms with Crippen LogP contribution in [0.1, 0.15) is 0 Å². The van der Waals surface area contributed by atoms with Crippen molar-refractivity contribution in [2.24, 2.45) is 0 Å². The summed E-state index contributed by atoms with van der Waals surface area (Å²) in [5.41, 5.74) is 1.56. The standard InChI is InChI=1S/C20H19ClN4O2S/c1-3-11-25-19(14-7-5-4-6-8-14)23-24-20(25)28-13-18(26)22-15-9-10-17(27-2)16(21)12-15/h3-10,12H,1,11,13H2,2H3,(H,22,26). The fourth-order valence-corrected chi connectivity index (χ4v) is 3.57. The molecule has 3 aromatic rings. The number of halogens is 1. The molecule has 0 aliphatic carbocycles. The third-order valence-corrected chi connectivity index (χ3v) is 5.09. The van der Waals surface area contributed by atoms with E-state index in [2.05, 4.69) is 22.1 Å². The zero-order valence-electron chi connectivity index (χ0n) is 15.3. The molecule has 6 nitrogen and oxygen atoms in total. The van der Waals surface area contributed by atoms with E-state index in [0.29, 0.717) is 28.2 Å². The van der Waals surface area contributed by atoms with Crippen molar-refractivity contribution >= 4 is 35.0 Å². The number of hydrogen-bond acceptors (Lipinski definition) is 5. The molecule has 0 atom stereocenters. The number of hydrogen-bond donors (Lipinski definition) is 1. The third kappa shape index (κ3) is 4.74. The zero-order chi connectivity index (χ0) is 19.9. The second-order valence-corrected chi connectivity index (χ2v) is 7.11. The highest BCUT2D eigenvalue weighted by Gasteiger charge is 2.15. The van der Waals surface area contributed by atoms with E-state index in [9.17, 15) is 4.79 Å². The number of ether oxygens (including phenoxy) is 1. The molecule has 1 N–H and O–H groups in total. The molecule has 2 aromatic carbocycles. The number of nitrogens with zero attached hydrogens (tertiary/aromatic N) is 3. The van der Waals surface area contributed by atoms with Gasteiger partial charge in [0, 0.05) is 17.8 Å². The molecule has 0 unspecified atom stereocenters. The van der Waals surface area contributed by atoms with Crippen molar-refractivity contribution in [1.29, 1.82) is 0 Å². The molecule has 3 rings (SSSR count). The van der Waals surface area contributed by atoms with Gasteiger partial charge in [0.25, 0.3) is 0 Å². The van der Waals surface area contributed by atoms with Crippen molar-refractivity contribution in [3.8, 4) is 17.1 Å². The quantitative estimate of drug-likeness (QED) is 0.433. The van der Waals surface area contributed by atoms with E-state index >= 15 is 0 Å².